The molecule has 1 heterocycles. The molecule has 0 amide bonds. The number of para-hydroxylation sites is 1. The molecule has 2 rings (SSSR count). The van der Waals surface area contributed by atoms with Gasteiger partial charge in [-0.3, -0.25) is 4.79 Å². The molecule has 0 unspecified atom stereocenters. The third kappa shape index (κ3) is 1.95. The lowest BCUT2D eigenvalue weighted by molar-refractivity contribution is 0.587. The van der Waals surface area contributed by atoms with Gasteiger partial charge in [-0.1, -0.05) is 50.5 Å². The Labute approximate surface area is 99.3 Å². The number of benzene rings is 1. The second kappa shape index (κ2) is 3.91. The van der Waals surface area contributed by atoms with E-state index in [0.29, 0.717) is 0 Å². The van der Waals surface area contributed by atoms with Crippen LogP contribution in [-0.2, 0) is 5.41 Å². The minimum Gasteiger partial charge on any atom is -0.268 e. The summed E-state index contributed by atoms with van der Waals surface area (Å²) in [6.07, 6.45) is 0. The van der Waals surface area contributed by atoms with Crippen LogP contribution in [0.25, 0.3) is 5.69 Å². The first-order valence-electron chi connectivity index (χ1n) is 5.27. The van der Waals surface area contributed by atoms with E-state index < -0.39 is 0 Å². The molecule has 0 aliphatic heterocycles. The number of hydrogen-bond donors (Lipinski definition) is 0. The molecular weight excluding hydrogens is 218 g/mol. The van der Waals surface area contributed by atoms with Crippen LogP contribution in [0.4, 0.5) is 0 Å². The Hall–Kier alpha value is -1.35. The molecule has 0 radical (unpaired) electrons. The zero-order chi connectivity index (χ0) is 11.8. The average molecular weight is 233 g/mol. The average Bonchev–Trinajstić information content (AvgIpc) is 2.63. The first-order chi connectivity index (χ1) is 7.50. The molecule has 0 bridgehead atoms. The summed E-state index contributed by atoms with van der Waals surface area (Å²) < 4.78 is 1.74. The molecule has 84 valence electrons. The maximum atomic E-state index is 11.7. The summed E-state index contributed by atoms with van der Waals surface area (Å²) >= 11 is 1.44. The highest BCUT2D eigenvalue weighted by molar-refractivity contribution is 7.04. The molecule has 2 nitrogen and oxygen atoms in total. The second-order valence-corrected chi connectivity index (χ2v) is 5.66. The fraction of sp³-hybridized carbons (Fsp3) is 0.308. The van der Waals surface area contributed by atoms with Gasteiger partial charge in [0.2, 0.25) is 0 Å². The molecule has 0 aliphatic carbocycles. The van der Waals surface area contributed by atoms with Gasteiger partial charge in [0.25, 0.3) is 5.56 Å². The van der Waals surface area contributed by atoms with E-state index in [-0.39, 0.29) is 11.0 Å². The van der Waals surface area contributed by atoms with Crippen molar-refractivity contribution in [1.82, 2.24) is 3.96 Å². The largest absolute Gasteiger partial charge is 0.268 e. The highest BCUT2D eigenvalue weighted by Gasteiger charge is 2.18. The summed E-state index contributed by atoms with van der Waals surface area (Å²) in [5, 5.41) is 1.82. The van der Waals surface area contributed by atoms with Crippen LogP contribution < -0.4 is 5.56 Å². The summed E-state index contributed by atoms with van der Waals surface area (Å²) in [4.78, 5) is 11.7. The van der Waals surface area contributed by atoms with Crippen molar-refractivity contribution >= 4 is 11.5 Å². The third-order valence-corrected chi connectivity index (χ3v) is 3.35. The predicted octanol–water partition coefficient (Wildman–Crippen LogP) is 3.20. The van der Waals surface area contributed by atoms with Crippen molar-refractivity contribution in [3.63, 3.8) is 0 Å². The fourth-order valence-electron chi connectivity index (χ4n) is 1.73. The van der Waals surface area contributed by atoms with Crippen LogP contribution in [0.3, 0.4) is 0 Å². The van der Waals surface area contributed by atoms with Crippen LogP contribution in [0.2, 0.25) is 0 Å². The van der Waals surface area contributed by atoms with Gasteiger partial charge in [0.05, 0.1) is 5.69 Å². The molecule has 0 fully saturated rings. The van der Waals surface area contributed by atoms with Gasteiger partial charge in [-0.25, -0.2) is 3.96 Å². The van der Waals surface area contributed by atoms with E-state index in [1.807, 2.05) is 23.6 Å². The van der Waals surface area contributed by atoms with E-state index in [9.17, 15) is 4.79 Å². The summed E-state index contributed by atoms with van der Waals surface area (Å²) in [5.41, 5.74) is 2.27. The molecule has 2 aromatic rings. The highest BCUT2D eigenvalue weighted by atomic mass is 32.1. The van der Waals surface area contributed by atoms with Crippen molar-refractivity contribution in [3.8, 4) is 5.69 Å². The smallest absolute Gasteiger partial charge is 0.265 e. The van der Waals surface area contributed by atoms with Crippen LogP contribution in [0.15, 0.2) is 40.5 Å². The van der Waals surface area contributed by atoms with Crippen molar-refractivity contribution in [3.05, 3.63) is 51.6 Å². The van der Waals surface area contributed by atoms with Crippen molar-refractivity contribution < 1.29 is 0 Å². The molecule has 0 aliphatic rings. The lowest BCUT2D eigenvalue weighted by Gasteiger charge is -2.22. The Morgan fingerprint density at radius 2 is 1.81 bits per heavy atom. The van der Waals surface area contributed by atoms with Crippen LogP contribution in [0.5, 0.6) is 0 Å². The molecule has 1 aromatic heterocycles. The van der Waals surface area contributed by atoms with E-state index in [0.717, 1.165) is 5.69 Å². The van der Waals surface area contributed by atoms with Gasteiger partial charge in [-0.2, -0.15) is 0 Å². The SMILES string of the molecule is CC(C)(C)c1ccccc1-n1sccc1=O. The molecule has 1 aromatic carbocycles. The first kappa shape index (κ1) is 11.1. The van der Waals surface area contributed by atoms with Gasteiger partial charge in [-0.15, -0.1) is 0 Å². The zero-order valence-corrected chi connectivity index (χ0v) is 10.5. The predicted molar refractivity (Wildman–Crippen MR) is 68.6 cm³/mol. The van der Waals surface area contributed by atoms with Crippen molar-refractivity contribution in [2.75, 3.05) is 0 Å². The first-order valence-corrected chi connectivity index (χ1v) is 6.11. The van der Waals surface area contributed by atoms with Crippen LogP contribution in [-0.4, -0.2) is 3.96 Å². The maximum absolute atomic E-state index is 11.7. The molecule has 0 N–H and O–H groups in total. The molecule has 3 heteroatoms. The fourth-order valence-corrected chi connectivity index (χ4v) is 2.47. The molecule has 0 saturated heterocycles. The normalized spacial score (nSPS) is 11.7. The minimum atomic E-state index is 0.0417. The van der Waals surface area contributed by atoms with E-state index in [1.54, 1.807) is 10.0 Å². The molecule has 0 saturated carbocycles. The van der Waals surface area contributed by atoms with Gasteiger partial charge in [0.15, 0.2) is 0 Å². The number of rotatable bonds is 1. The summed E-state index contributed by atoms with van der Waals surface area (Å²) in [6, 6.07) is 9.67. The minimum absolute atomic E-state index is 0.0417. The van der Waals surface area contributed by atoms with Gasteiger partial charge >= 0.3 is 0 Å². The number of hydrogen-bond acceptors (Lipinski definition) is 2. The lowest BCUT2D eigenvalue weighted by atomic mass is 9.86. The Morgan fingerprint density at radius 3 is 2.38 bits per heavy atom. The summed E-state index contributed by atoms with van der Waals surface area (Å²) in [7, 11) is 0. The standard InChI is InChI=1S/C13H15NOS/c1-13(2,3)10-6-4-5-7-11(10)14-12(15)8-9-16-14/h4-9H,1-3H3. The number of nitrogens with zero attached hydrogens (tertiary/aromatic N) is 1. The molecule has 16 heavy (non-hydrogen) atoms. The van der Waals surface area contributed by atoms with E-state index >= 15 is 0 Å². The van der Waals surface area contributed by atoms with E-state index in [1.165, 1.54) is 17.1 Å². The summed E-state index contributed by atoms with van der Waals surface area (Å²) in [6.45, 7) is 6.47. The number of aromatic nitrogens is 1. The Bertz CT molecular complexity index is 545. The summed E-state index contributed by atoms with van der Waals surface area (Å²) in [5.74, 6) is 0. The Balaban J connectivity index is 2.67. The van der Waals surface area contributed by atoms with Crippen LogP contribution >= 0.6 is 11.5 Å². The molecule has 0 atom stereocenters. The van der Waals surface area contributed by atoms with Crippen LogP contribution in [0.1, 0.15) is 26.3 Å². The molecular formula is C13H15NOS. The Kier molecular flexibility index (Phi) is 2.72. The third-order valence-electron chi connectivity index (χ3n) is 2.51. The zero-order valence-electron chi connectivity index (χ0n) is 9.73. The quantitative estimate of drug-likeness (QED) is 0.741. The molecule has 0 spiro atoms. The van der Waals surface area contributed by atoms with Gasteiger partial charge in [0.1, 0.15) is 0 Å². The van der Waals surface area contributed by atoms with Gasteiger partial charge in [-0.05, 0) is 17.0 Å². The van der Waals surface area contributed by atoms with Crippen molar-refractivity contribution in [2.24, 2.45) is 0 Å². The van der Waals surface area contributed by atoms with E-state index in [2.05, 4.69) is 26.8 Å². The second-order valence-electron chi connectivity index (χ2n) is 4.81. The van der Waals surface area contributed by atoms with E-state index in [4.69, 9.17) is 0 Å². The van der Waals surface area contributed by atoms with Gasteiger partial charge in [0, 0.05) is 11.4 Å². The van der Waals surface area contributed by atoms with Gasteiger partial charge < -0.3 is 0 Å². The monoisotopic (exact) mass is 233 g/mol. The topological polar surface area (TPSA) is 22.0 Å². The van der Waals surface area contributed by atoms with Crippen molar-refractivity contribution in [2.45, 2.75) is 26.2 Å². The Morgan fingerprint density at radius 1 is 1.12 bits per heavy atom. The van der Waals surface area contributed by atoms with Crippen LogP contribution in [0, 0.1) is 0 Å². The maximum Gasteiger partial charge on any atom is 0.265 e. The lowest BCUT2D eigenvalue weighted by Crippen LogP contribution is -2.18. The highest BCUT2D eigenvalue weighted by Crippen LogP contribution is 2.28. The van der Waals surface area contributed by atoms with Crippen molar-refractivity contribution in [1.29, 1.82) is 0 Å².